The zero-order valence-corrected chi connectivity index (χ0v) is 23.2. The Morgan fingerprint density at radius 2 is 1.50 bits per heavy atom. The van der Waals surface area contributed by atoms with Crippen LogP contribution in [-0.2, 0) is 14.6 Å². The zero-order chi connectivity index (χ0) is 24.9. The summed E-state index contributed by atoms with van der Waals surface area (Å²) in [7, 11) is -8.76. The highest BCUT2D eigenvalue weighted by Gasteiger charge is 2.78. The van der Waals surface area contributed by atoms with Crippen molar-refractivity contribution in [3.63, 3.8) is 0 Å². The lowest BCUT2D eigenvalue weighted by Crippen LogP contribution is -2.86. The van der Waals surface area contributed by atoms with Gasteiger partial charge in [-0.1, -0.05) is 86.5 Å². The van der Waals surface area contributed by atoms with Gasteiger partial charge in [0.25, 0.3) is 0 Å². The SMILES string of the molecule is C[Si](C)(C)C#C[C@H]1[C@@H]2OC[C@@H](O)[C@@H](O)[C@@H]2[C@]1([Si](C)(C)c1ccccc1)S(=O)(=O)c1ccccc1. The Labute approximate surface area is 205 Å². The molecule has 0 spiro atoms. The molecule has 6 atom stereocenters. The molecule has 1 saturated heterocycles. The number of aliphatic hydroxyl groups excluding tert-OH is 2. The largest absolute Gasteiger partial charge is 0.390 e. The summed E-state index contributed by atoms with van der Waals surface area (Å²) in [6.45, 7) is 10.5. The monoisotopic (exact) mass is 514 g/mol. The van der Waals surface area contributed by atoms with Crippen molar-refractivity contribution >= 4 is 31.2 Å². The summed E-state index contributed by atoms with van der Waals surface area (Å²) < 4.78 is 34.1. The molecule has 2 aromatic carbocycles. The first-order valence-corrected chi connectivity index (χ1v) is 19.7. The van der Waals surface area contributed by atoms with Gasteiger partial charge in [0, 0.05) is 5.92 Å². The van der Waals surface area contributed by atoms with E-state index in [4.69, 9.17) is 4.74 Å². The summed E-state index contributed by atoms with van der Waals surface area (Å²) >= 11 is 0. The summed E-state index contributed by atoms with van der Waals surface area (Å²) in [4.78, 5) is 0.219. The summed E-state index contributed by atoms with van der Waals surface area (Å²) in [6, 6.07) is 18.2. The molecule has 0 bridgehead atoms. The van der Waals surface area contributed by atoms with Crippen LogP contribution in [0.25, 0.3) is 0 Å². The van der Waals surface area contributed by atoms with Crippen LogP contribution in [0.2, 0.25) is 32.7 Å². The van der Waals surface area contributed by atoms with Gasteiger partial charge in [-0.3, -0.25) is 0 Å². The molecule has 5 nitrogen and oxygen atoms in total. The molecule has 1 aliphatic carbocycles. The molecule has 8 heteroatoms. The second-order valence-electron chi connectivity index (χ2n) is 11.0. The molecule has 0 unspecified atom stereocenters. The van der Waals surface area contributed by atoms with E-state index in [0.717, 1.165) is 5.19 Å². The van der Waals surface area contributed by atoms with E-state index in [2.05, 4.69) is 44.2 Å². The number of rotatable bonds is 4. The summed E-state index contributed by atoms with van der Waals surface area (Å²) in [5.41, 5.74) is 3.41. The van der Waals surface area contributed by atoms with E-state index in [-0.39, 0.29) is 11.5 Å². The molecule has 1 saturated carbocycles. The molecular formula is C26H34O5SSi2. The number of fused-ring (bicyclic) bond motifs is 1. The maximum absolute atomic E-state index is 14.7. The van der Waals surface area contributed by atoms with Crippen LogP contribution in [0.3, 0.4) is 0 Å². The van der Waals surface area contributed by atoms with Crippen molar-refractivity contribution in [2.45, 2.75) is 60.3 Å². The van der Waals surface area contributed by atoms with E-state index in [9.17, 15) is 18.6 Å². The standard InChI is InChI=1S/C26H34O5SSi2/c1-33(2,3)17-16-21-25-23(24(28)22(27)18-31-25)26(21,32(29,30)19-12-8-6-9-13-19)34(4,5)20-14-10-7-11-15-20/h6-15,21-25,27-28H,18H2,1-5H3/t21-,22+,23-,24+,25-,26-/m0/s1. The third-order valence-electron chi connectivity index (χ3n) is 7.43. The molecule has 2 fully saturated rings. The van der Waals surface area contributed by atoms with Crippen LogP contribution in [0.5, 0.6) is 0 Å². The normalized spacial score (nSPS) is 31.6. The molecule has 2 N–H and O–H groups in total. The van der Waals surface area contributed by atoms with Crippen molar-refractivity contribution in [3.8, 4) is 11.5 Å². The highest BCUT2D eigenvalue weighted by molar-refractivity contribution is 7.95. The molecule has 182 valence electrons. The number of benzene rings is 2. The van der Waals surface area contributed by atoms with Crippen LogP contribution in [0, 0.1) is 23.3 Å². The minimum absolute atomic E-state index is 0.0256. The topological polar surface area (TPSA) is 83.8 Å². The Hall–Kier alpha value is -1.74. The van der Waals surface area contributed by atoms with Crippen molar-refractivity contribution in [1.82, 2.24) is 0 Å². The first kappa shape index (κ1) is 25.4. The van der Waals surface area contributed by atoms with Gasteiger partial charge >= 0.3 is 0 Å². The first-order valence-electron chi connectivity index (χ1n) is 11.7. The maximum Gasteiger partial charge on any atom is 0.183 e. The van der Waals surface area contributed by atoms with Gasteiger partial charge in [-0.2, -0.15) is 0 Å². The second-order valence-corrected chi connectivity index (χ2v) is 22.9. The van der Waals surface area contributed by atoms with E-state index in [1.165, 1.54) is 0 Å². The van der Waals surface area contributed by atoms with Crippen LogP contribution in [0.4, 0.5) is 0 Å². The Kier molecular flexibility index (Phi) is 6.51. The number of ether oxygens (including phenoxy) is 1. The average Bonchev–Trinajstić information content (AvgIpc) is 2.77. The highest BCUT2D eigenvalue weighted by Crippen LogP contribution is 2.60. The average molecular weight is 515 g/mol. The van der Waals surface area contributed by atoms with Crippen LogP contribution >= 0.6 is 0 Å². The minimum atomic E-state index is -3.99. The smallest absolute Gasteiger partial charge is 0.183 e. The molecule has 1 aliphatic heterocycles. The number of sulfone groups is 1. The molecule has 2 aliphatic rings. The van der Waals surface area contributed by atoms with Gasteiger partial charge in [0.1, 0.15) is 22.3 Å². The molecule has 1 heterocycles. The molecule has 0 aromatic heterocycles. The van der Waals surface area contributed by atoms with Crippen molar-refractivity contribution in [1.29, 1.82) is 0 Å². The van der Waals surface area contributed by atoms with E-state index < -0.39 is 60.5 Å². The van der Waals surface area contributed by atoms with Gasteiger partial charge in [-0.25, -0.2) is 8.42 Å². The van der Waals surface area contributed by atoms with Gasteiger partial charge in [0.2, 0.25) is 0 Å². The molecular weight excluding hydrogens is 481 g/mol. The van der Waals surface area contributed by atoms with Crippen LogP contribution in [0.15, 0.2) is 65.6 Å². The van der Waals surface area contributed by atoms with Gasteiger partial charge in [-0.15, -0.1) is 11.5 Å². The Balaban J connectivity index is 2.06. The third-order valence-corrected chi connectivity index (χ3v) is 17.3. The van der Waals surface area contributed by atoms with Crippen molar-refractivity contribution in [3.05, 3.63) is 60.7 Å². The predicted octanol–water partition coefficient (Wildman–Crippen LogP) is 2.60. The van der Waals surface area contributed by atoms with E-state index in [0.29, 0.717) is 0 Å². The summed E-state index contributed by atoms with van der Waals surface area (Å²) in [6.07, 6.45) is -2.90. The number of hydrogen-bond donors (Lipinski definition) is 2. The van der Waals surface area contributed by atoms with Gasteiger partial charge in [0.15, 0.2) is 9.84 Å². The van der Waals surface area contributed by atoms with Crippen molar-refractivity contribution in [2.24, 2.45) is 11.8 Å². The summed E-state index contributed by atoms with van der Waals surface area (Å²) in [5.74, 6) is 2.01. The lowest BCUT2D eigenvalue weighted by atomic mass is 9.65. The van der Waals surface area contributed by atoms with E-state index >= 15 is 0 Å². The van der Waals surface area contributed by atoms with E-state index in [1.54, 1.807) is 30.3 Å². The lowest BCUT2D eigenvalue weighted by molar-refractivity contribution is -0.215. The third kappa shape index (κ3) is 3.74. The summed E-state index contributed by atoms with van der Waals surface area (Å²) in [5, 5.41) is 22.8. The predicted molar refractivity (Wildman–Crippen MR) is 140 cm³/mol. The van der Waals surface area contributed by atoms with Gasteiger partial charge in [-0.05, 0) is 12.1 Å². The Bertz CT molecular complexity index is 1200. The molecule has 0 radical (unpaired) electrons. The number of hydrogen-bond acceptors (Lipinski definition) is 5. The molecule has 34 heavy (non-hydrogen) atoms. The van der Waals surface area contributed by atoms with Gasteiger partial charge in [0.05, 0.1) is 34.0 Å². The molecule has 2 aromatic rings. The molecule has 0 amide bonds. The van der Waals surface area contributed by atoms with E-state index in [1.807, 2.05) is 30.3 Å². The van der Waals surface area contributed by atoms with Gasteiger partial charge < -0.3 is 14.9 Å². The van der Waals surface area contributed by atoms with Crippen LogP contribution in [0.1, 0.15) is 0 Å². The van der Waals surface area contributed by atoms with Crippen LogP contribution in [-0.4, -0.2) is 64.1 Å². The number of aliphatic hydroxyl groups is 2. The second kappa shape index (κ2) is 8.73. The Morgan fingerprint density at radius 3 is 2.06 bits per heavy atom. The van der Waals surface area contributed by atoms with Crippen LogP contribution < -0.4 is 5.19 Å². The fraction of sp³-hybridized carbons (Fsp3) is 0.462. The lowest BCUT2D eigenvalue weighted by Gasteiger charge is -2.66. The fourth-order valence-electron chi connectivity index (χ4n) is 5.83. The maximum atomic E-state index is 14.7. The zero-order valence-electron chi connectivity index (χ0n) is 20.4. The Morgan fingerprint density at radius 1 is 0.941 bits per heavy atom. The minimum Gasteiger partial charge on any atom is -0.390 e. The van der Waals surface area contributed by atoms with Crippen molar-refractivity contribution < 1.29 is 23.4 Å². The molecule has 4 rings (SSSR count). The first-order chi connectivity index (χ1) is 15.9. The quantitative estimate of drug-likeness (QED) is 0.484. The van der Waals surface area contributed by atoms with Crippen molar-refractivity contribution in [2.75, 3.05) is 6.61 Å². The fourth-order valence-corrected chi connectivity index (χ4v) is 15.5. The highest BCUT2D eigenvalue weighted by atomic mass is 32.2.